The van der Waals surface area contributed by atoms with Gasteiger partial charge in [0.15, 0.2) is 0 Å². The smallest absolute Gasteiger partial charge is 0.261 e. The highest BCUT2D eigenvalue weighted by Crippen LogP contribution is 2.20. The predicted molar refractivity (Wildman–Crippen MR) is 61.4 cm³/mol. The van der Waals surface area contributed by atoms with Gasteiger partial charge < -0.3 is 15.8 Å². The summed E-state index contributed by atoms with van der Waals surface area (Å²) in [7, 11) is 1.58. The lowest BCUT2D eigenvalue weighted by Crippen LogP contribution is -2.30. The van der Waals surface area contributed by atoms with Gasteiger partial charge in [0.25, 0.3) is 5.91 Å². The maximum Gasteiger partial charge on any atom is 0.261 e. The van der Waals surface area contributed by atoms with Gasteiger partial charge in [0.2, 0.25) is 0 Å². The van der Waals surface area contributed by atoms with Gasteiger partial charge in [0.1, 0.15) is 5.75 Å². The van der Waals surface area contributed by atoms with Gasteiger partial charge in [-0.3, -0.25) is 4.79 Å². The molecule has 5 heteroatoms. The van der Waals surface area contributed by atoms with Gasteiger partial charge in [-0.05, 0) is 12.5 Å². The Hall–Kier alpha value is -1.07. The molecule has 0 aliphatic heterocycles. The third kappa shape index (κ3) is 3.53. The number of hydrogen-bond donors (Lipinski definition) is 2. The molecule has 84 valence electrons. The molecule has 0 aliphatic carbocycles. The van der Waals surface area contributed by atoms with Gasteiger partial charge in [-0.1, -0.05) is 6.92 Å². The largest absolute Gasteiger partial charge is 0.496 e. The molecule has 0 fully saturated rings. The number of ether oxygens (including phenoxy) is 1. The number of thiophene rings is 1. The van der Waals surface area contributed by atoms with Gasteiger partial charge in [0.05, 0.1) is 12.0 Å². The van der Waals surface area contributed by atoms with Crippen molar-refractivity contribution in [2.45, 2.75) is 6.92 Å². The molecule has 0 aliphatic rings. The lowest BCUT2D eigenvalue weighted by atomic mass is 10.2. The first-order chi connectivity index (χ1) is 7.17. The highest BCUT2D eigenvalue weighted by Gasteiger charge is 2.09. The van der Waals surface area contributed by atoms with Crippen LogP contribution in [0.25, 0.3) is 0 Å². The maximum atomic E-state index is 11.6. The van der Waals surface area contributed by atoms with E-state index in [-0.39, 0.29) is 5.91 Å². The molecule has 1 amide bonds. The summed E-state index contributed by atoms with van der Waals surface area (Å²) >= 11 is 1.37. The zero-order valence-corrected chi connectivity index (χ0v) is 9.76. The first-order valence-electron chi connectivity index (χ1n) is 4.78. The van der Waals surface area contributed by atoms with Crippen molar-refractivity contribution in [2.75, 3.05) is 20.2 Å². The van der Waals surface area contributed by atoms with Crippen molar-refractivity contribution in [3.05, 3.63) is 16.3 Å². The number of hydrogen-bond acceptors (Lipinski definition) is 4. The highest BCUT2D eigenvalue weighted by molar-refractivity contribution is 7.12. The average Bonchev–Trinajstić information content (AvgIpc) is 2.73. The van der Waals surface area contributed by atoms with Crippen LogP contribution in [-0.2, 0) is 0 Å². The fraction of sp³-hybridized carbons (Fsp3) is 0.500. The molecular formula is C10H16N2O2S. The van der Waals surface area contributed by atoms with Crippen molar-refractivity contribution < 1.29 is 9.53 Å². The maximum absolute atomic E-state index is 11.6. The van der Waals surface area contributed by atoms with E-state index in [0.29, 0.717) is 23.9 Å². The van der Waals surface area contributed by atoms with Crippen LogP contribution in [0, 0.1) is 5.92 Å². The number of rotatable bonds is 5. The zero-order chi connectivity index (χ0) is 11.3. The number of amides is 1. The molecule has 0 radical (unpaired) electrons. The van der Waals surface area contributed by atoms with E-state index < -0.39 is 0 Å². The Morgan fingerprint density at radius 1 is 1.73 bits per heavy atom. The highest BCUT2D eigenvalue weighted by atomic mass is 32.1. The second-order valence-corrected chi connectivity index (χ2v) is 4.31. The van der Waals surface area contributed by atoms with E-state index in [9.17, 15) is 4.79 Å². The Labute approximate surface area is 93.4 Å². The van der Waals surface area contributed by atoms with Crippen LogP contribution in [0.15, 0.2) is 11.4 Å². The summed E-state index contributed by atoms with van der Waals surface area (Å²) in [6.45, 7) is 3.18. The van der Waals surface area contributed by atoms with Crippen molar-refractivity contribution in [1.29, 1.82) is 0 Å². The molecule has 0 bridgehead atoms. The van der Waals surface area contributed by atoms with Gasteiger partial charge in [0, 0.05) is 18.0 Å². The van der Waals surface area contributed by atoms with Crippen LogP contribution in [0.2, 0.25) is 0 Å². The Morgan fingerprint density at radius 2 is 2.47 bits per heavy atom. The standard InChI is InChI=1S/C10H16N2O2S/c1-7(4-11)5-12-10(13)9-3-8(14-2)6-15-9/h3,6-7H,4-5,11H2,1-2H3,(H,12,13). The minimum atomic E-state index is -0.0661. The molecule has 1 rings (SSSR count). The molecule has 1 unspecified atom stereocenters. The summed E-state index contributed by atoms with van der Waals surface area (Å²) in [4.78, 5) is 12.3. The minimum Gasteiger partial charge on any atom is -0.496 e. The lowest BCUT2D eigenvalue weighted by Gasteiger charge is -2.08. The number of carbonyl (C=O) groups is 1. The third-order valence-electron chi connectivity index (χ3n) is 2.05. The summed E-state index contributed by atoms with van der Waals surface area (Å²) in [5, 5.41) is 4.63. The Morgan fingerprint density at radius 3 is 3.00 bits per heavy atom. The summed E-state index contributed by atoms with van der Waals surface area (Å²) in [5.74, 6) is 0.955. The van der Waals surface area contributed by atoms with Crippen molar-refractivity contribution in [3.63, 3.8) is 0 Å². The molecule has 0 spiro atoms. The van der Waals surface area contributed by atoms with Crippen molar-refractivity contribution in [1.82, 2.24) is 5.32 Å². The first-order valence-corrected chi connectivity index (χ1v) is 5.66. The Kier molecular flexibility index (Phi) is 4.58. The second-order valence-electron chi connectivity index (χ2n) is 3.40. The van der Waals surface area contributed by atoms with Gasteiger partial charge in [-0.25, -0.2) is 0 Å². The quantitative estimate of drug-likeness (QED) is 0.792. The van der Waals surface area contributed by atoms with Crippen LogP contribution in [0.4, 0.5) is 0 Å². The molecule has 1 aromatic heterocycles. The molecule has 1 heterocycles. The number of carbonyl (C=O) groups excluding carboxylic acids is 1. The molecule has 0 saturated carbocycles. The second kappa shape index (κ2) is 5.72. The van der Waals surface area contributed by atoms with Gasteiger partial charge >= 0.3 is 0 Å². The van der Waals surface area contributed by atoms with Gasteiger partial charge in [-0.2, -0.15) is 0 Å². The fourth-order valence-electron chi connectivity index (χ4n) is 0.982. The van der Waals surface area contributed by atoms with E-state index in [4.69, 9.17) is 10.5 Å². The number of nitrogens with one attached hydrogen (secondary N) is 1. The van der Waals surface area contributed by atoms with Crippen LogP contribution in [0.5, 0.6) is 5.75 Å². The minimum absolute atomic E-state index is 0.0661. The van der Waals surface area contributed by atoms with E-state index in [0.717, 1.165) is 5.75 Å². The SMILES string of the molecule is COc1csc(C(=O)NCC(C)CN)c1. The molecule has 1 aromatic rings. The summed E-state index contributed by atoms with van der Waals surface area (Å²) in [6.07, 6.45) is 0. The molecule has 3 N–H and O–H groups in total. The molecule has 0 aromatic carbocycles. The monoisotopic (exact) mass is 228 g/mol. The normalized spacial score (nSPS) is 12.2. The van der Waals surface area contributed by atoms with E-state index in [1.54, 1.807) is 18.6 Å². The van der Waals surface area contributed by atoms with Crippen LogP contribution >= 0.6 is 11.3 Å². The number of nitrogens with two attached hydrogens (primary N) is 1. The van der Waals surface area contributed by atoms with Crippen LogP contribution in [0.3, 0.4) is 0 Å². The van der Waals surface area contributed by atoms with Crippen molar-refractivity contribution >= 4 is 17.2 Å². The average molecular weight is 228 g/mol. The first kappa shape index (κ1) is 12.0. The Balaban J connectivity index is 2.46. The van der Waals surface area contributed by atoms with E-state index in [1.807, 2.05) is 6.92 Å². The predicted octanol–water partition coefficient (Wildman–Crippen LogP) is 1.08. The zero-order valence-electron chi connectivity index (χ0n) is 8.95. The lowest BCUT2D eigenvalue weighted by molar-refractivity contribution is 0.0952. The third-order valence-corrected chi connectivity index (χ3v) is 2.96. The summed E-state index contributed by atoms with van der Waals surface area (Å²) in [5.41, 5.74) is 5.45. The van der Waals surface area contributed by atoms with Crippen LogP contribution < -0.4 is 15.8 Å². The fourth-order valence-corrected chi connectivity index (χ4v) is 1.75. The van der Waals surface area contributed by atoms with Gasteiger partial charge in [-0.15, -0.1) is 11.3 Å². The molecule has 1 atom stereocenters. The Bertz CT molecular complexity index is 325. The molecule has 15 heavy (non-hydrogen) atoms. The molecule has 4 nitrogen and oxygen atoms in total. The van der Waals surface area contributed by atoms with Crippen molar-refractivity contribution in [3.8, 4) is 5.75 Å². The van der Waals surface area contributed by atoms with Crippen molar-refractivity contribution in [2.24, 2.45) is 11.7 Å². The van der Waals surface area contributed by atoms with Crippen LogP contribution in [-0.4, -0.2) is 26.1 Å². The molecule has 0 saturated heterocycles. The van der Waals surface area contributed by atoms with E-state index >= 15 is 0 Å². The summed E-state index contributed by atoms with van der Waals surface area (Å²) in [6, 6.07) is 1.73. The van der Waals surface area contributed by atoms with E-state index in [2.05, 4.69) is 5.32 Å². The summed E-state index contributed by atoms with van der Waals surface area (Å²) < 4.78 is 5.00. The molecular weight excluding hydrogens is 212 g/mol. The van der Waals surface area contributed by atoms with E-state index in [1.165, 1.54) is 11.3 Å². The topological polar surface area (TPSA) is 64.3 Å². The number of methoxy groups -OCH3 is 1. The van der Waals surface area contributed by atoms with Crippen LogP contribution in [0.1, 0.15) is 16.6 Å².